The standard InChI is InChI=1S/C16H22BrN3.2H3O4P/c1-12(5-4-10-20(2)3)19-15-8-9-18-16-11-13(17)6-7-14(15)16;2*1-5(2,3)4/h6-9,11-12H,4-5,10H2,1-3H3,(H,18,19);2*(H3,1,2,3,4). The highest BCUT2D eigenvalue weighted by atomic mass is 79.9. The Morgan fingerprint density at radius 3 is 2.10 bits per heavy atom. The largest absolute Gasteiger partial charge is 0.466 e. The number of halogens is 1. The number of phosphoric acid groups is 2. The van der Waals surface area contributed by atoms with Crippen LogP contribution in [0.25, 0.3) is 10.9 Å². The Labute approximate surface area is 183 Å². The molecule has 1 aromatic carbocycles. The normalized spacial score (nSPS) is 12.5. The molecule has 0 aliphatic heterocycles. The first-order valence-electron chi connectivity index (χ1n) is 8.58. The molecule has 1 aromatic heterocycles. The molecule has 2 rings (SSSR count). The molecular formula is C16H28BrN3O8P2. The number of hydrogen-bond donors (Lipinski definition) is 7. The summed E-state index contributed by atoms with van der Waals surface area (Å²) in [6, 6.07) is 8.74. The first-order chi connectivity index (χ1) is 13.6. The van der Waals surface area contributed by atoms with Gasteiger partial charge in [0, 0.05) is 27.8 Å². The fourth-order valence-electron chi connectivity index (χ4n) is 2.30. The van der Waals surface area contributed by atoms with Crippen molar-refractivity contribution in [3.05, 3.63) is 34.9 Å². The summed E-state index contributed by atoms with van der Waals surface area (Å²) in [6.45, 7) is 3.37. The average Bonchev–Trinajstić information content (AvgIpc) is 2.51. The van der Waals surface area contributed by atoms with Crippen molar-refractivity contribution in [2.24, 2.45) is 0 Å². The molecule has 14 heteroatoms. The molecule has 2 aromatic rings. The van der Waals surface area contributed by atoms with Crippen LogP contribution in [-0.4, -0.2) is 65.9 Å². The number of benzene rings is 1. The van der Waals surface area contributed by atoms with Crippen molar-refractivity contribution in [3.63, 3.8) is 0 Å². The molecule has 0 saturated carbocycles. The summed E-state index contributed by atoms with van der Waals surface area (Å²) in [5.74, 6) is 0. The van der Waals surface area contributed by atoms with Gasteiger partial charge in [0.05, 0.1) is 5.52 Å². The smallest absolute Gasteiger partial charge is 0.382 e. The Kier molecular flexibility index (Phi) is 13.1. The zero-order valence-corrected chi connectivity index (χ0v) is 20.1. The van der Waals surface area contributed by atoms with E-state index >= 15 is 0 Å². The zero-order chi connectivity index (χ0) is 23.5. The van der Waals surface area contributed by atoms with E-state index in [4.69, 9.17) is 38.5 Å². The molecule has 11 nitrogen and oxygen atoms in total. The summed E-state index contributed by atoms with van der Waals surface area (Å²) in [4.78, 5) is 49.8. The molecule has 0 spiro atoms. The van der Waals surface area contributed by atoms with Crippen LogP contribution in [-0.2, 0) is 9.13 Å². The lowest BCUT2D eigenvalue weighted by Gasteiger charge is -2.18. The summed E-state index contributed by atoms with van der Waals surface area (Å²) in [7, 11) is -5.04. The third-order valence-corrected chi connectivity index (χ3v) is 3.84. The van der Waals surface area contributed by atoms with Crippen LogP contribution in [0.15, 0.2) is 34.9 Å². The highest BCUT2D eigenvalue weighted by Crippen LogP contribution is 2.26. The molecule has 0 bridgehead atoms. The predicted molar refractivity (Wildman–Crippen MR) is 119 cm³/mol. The molecule has 0 amide bonds. The summed E-state index contributed by atoms with van der Waals surface area (Å²) in [6.07, 6.45) is 4.23. The number of fused-ring (bicyclic) bond motifs is 1. The predicted octanol–water partition coefficient (Wildman–Crippen LogP) is 2.28. The number of nitrogens with zero attached hydrogens (tertiary/aromatic N) is 2. The lowest BCUT2D eigenvalue weighted by Crippen LogP contribution is -2.19. The number of anilines is 1. The maximum absolute atomic E-state index is 8.88. The first-order valence-corrected chi connectivity index (χ1v) is 12.5. The molecule has 0 saturated heterocycles. The highest BCUT2D eigenvalue weighted by molar-refractivity contribution is 9.10. The van der Waals surface area contributed by atoms with E-state index in [1.807, 2.05) is 6.20 Å². The van der Waals surface area contributed by atoms with Crippen LogP contribution in [0.5, 0.6) is 0 Å². The van der Waals surface area contributed by atoms with Crippen LogP contribution in [0.4, 0.5) is 5.69 Å². The molecule has 7 N–H and O–H groups in total. The fourth-order valence-corrected chi connectivity index (χ4v) is 2.65. The van der Waals surface area contributed by atoms with Gasteiger partial charge in [-0.25, -0.2) is 9.13 Å². The van der Waals surface area contributed by atoms with Crippen molar-refractivity contribution in [3.8, 4) is 0 Å². The molecule has 1 unspecified atom stereocenters. The minimum absolute atomic E-state index is 0.462. The van der Waals surface area contributed by atoms with Crippen LogP contribution in [0, 0.1) is 0 Å². The molecule has 1 atom stereocenters. The van der Waals surface area contributed by atoms with Crippen molar-refractivity contribution in [1.82, 2.24) is 9.88 Å². The summed E-state index contributed by atoms with van der Waals surface area (Å²) in [5.41, 5.74) is 2.18. The molecule has 172 valence electrons. The van der Waals surface area contributed by atoms with Crippen molar-refractivity contribution in [2.75, 3.05) is 26.0 Å². The highest BCUT2D eigenvalue weighted by Gasteiger charge is 2.06. The van der Waals surface area contributed by atoms with Gasteiger partial charge >= 0.3 is 15.6 Å². The molecule has 0 fully saturated rings. The van der Waals surface area contributed by atoms with Crippen molar-refractivity contribution >= 4 is 48.2 Å². The van der Waals surface area contributed by atoms with Crippen molar-refractivity contribution in [2.45, 2.75) is 25.8 Å². The third kappa shape index (κ3) is 17.9. The molecule has 30 heavy (non-hydrogen) atoms. The van der Waals surface area contributed by atoms with Crippen LogP contribution in [0.1, 0.15) is 19.8 Å². The molecule has 0 radical (unpaired) electrons. The van der Waals surface area contributed by atoms with E-state index < -0.39 is 15.6 Å². The molecular weight excluding hydrogens is 504 g/mol. The van der Waals surface area contributed by atoms with Gasteiger partial charge in [0.1, 0.15) is 0 Å². The Bertz CT molecular complexity index is 838. The van der Waals surface area contributed by atoms with Gasteiger partial charge in [-0.15, -0.1) is 0 Å². The van der Waals surface area contributed by atoms with Crippen LogP contribution in [0.3, 0.4) is 0 Å². The Morgan fingerprint density at radius 1 is 1.07 bits per heavy atom. The summed E-state index contributed by atoms with van der Waals surface area (Å²) >= 11 is 3.49. The van der Waals surface area contributed by atoms with Gasteiger partial charge in [0.25, 0.3) is 0 Å². The van der Waals surface area contributed by atoms with E-state index in [2.05, 4.69) is 76.4 Å². The van der Waals surface area contributed by atoms with Crippen LogP contribution < -0.4 is 5.32 Å². The van der Waals surface area contributed by atoms with Gasteiger partial charge in [0.15, 0.2) is 0 Å². The summed E-state index contributed by atoms with van der Waals surface area (Å²) < 4.78 is 18.8. The van der Waals surface area contributed by atoms with Crippen LogP contribution in [0.2, 0.25) is 0 Å². The summed E-state index contributed by atoms with van der Waals surface area (Å²) in [5, 5.41) is 4.78. The number of hydrogen-bond acceptors (Lipinski definition) is 5. The van der Waals surface area contributed by atoms with E-state index in [0.717, 1.165) is 16.5 Å². The number of rotatable bonds is 6. The number of nitrogens with one attached hydrogen (secondary N) is 1. The monoisotopic (exact) mass is 531 g/mol. The zero-order valence-electron chi connectivity index (χ0n) is 16.8. The maximum Gasteiger partial charge on any atom is 0.466 e. The second kappa shape index (κ2) is 13.5. The minimum Gasteiger partial charge on any atom is -0.382 e. The van der Waals surface area contributed by atoms with Gasteiger partial charge in [0.2, 0.25) is 0 Å². The third-order valence-electron chi connectivity index (χ3n) is 3.35. The van der Waals surface area contributed by atoms with Gasteiger partial charge in [-0.1, -0.05) is 15.9 Å². The average molecular weight is 532 g/mol. The number of aromatic nitrogens is 1. The van der Waals surface area contributed by atoms with Gasteiger partial charge < -0.3 is 39.6 Å². The molecule has 1 heterocycles. The van der Waals surface area contributed by atoms with E-state index in [1.54, 1.807) is 0 Å². The van der Waals surface area contributed by atoms with E-state index in [1.165, 1.54) is 23.9 Å². The van der Waals surface area contributed by atoms with Crippen molar-refractivity contribution in [1.29, 1.82) is 0 Å². The second-order valence-electron chi connectivity index (χ2n) is 6.54. The quantitative estimate of drug-likeness (QED) is 0.271. The molecule has 0 aliphatic carbocycles. The fraction of sp³-hybridized carbons (Fsp3) is 0.438. The Balaban J connectivity index is 0.000000702. The van der Waals surface area contributed by atoms with Gasteiger partial charge in [-0.3, -0.25) is 4.98 Å². The van der Waals surface area contributed by atoms with Gasteiger partial charge in [-0.2, -0.15) is 0 Å². The first kappa shape index (κ1) is 29.1. The number of pyridine rings is 1. The second-order valence-corrected chi connectivity index (χ2v) is 9.51. The van der Waals surface area contributed by atoms with E-state index in [0.29, 0.717) is 6.04 Å². The lowest BCUT2D eigenvalue weighted by atomic mass is 10.1. The van der Waals surface area contributed by atoms with E-state index in [9.17, 15) is 0 Å². The van der Waals surface area contributed by atoms with Crippen LogP contribution >= 0.6 is 31.6 Å². The van der Waals surface area contributed by atoms with E-state index in [-0.39, 0.29) is 0 Å². The molecule has 0 aliphatic rings. The van der Waals surface area contributed by atoms with Gasteiger partial charge in [-0.05, 0) is 64.7 Å². The maximum atomic E-state index is 8.88. The lowest BCUT2D eigenvalue weighted by molar-refractivity contribution is 0.272. The Morgan fingerprint density at radius 2 is 1.60 bits per heavy atom. The van der Waals surface area contributed by atoms with Crippen molar-refractivity contribution < 1.29 is 38.5 Å². The topological polar surface area (TPSA) is 184 Å². The Hall–Kier alpha value is -0.910. The SMILES string of the molecule is CC(CCCN(C)C)Nc1ccnc2cc(Br)ccc12.O=P(O)(O)O.O=P(O)(O)O. The minimum atomic E-state index is -4.64.